The van der Waals surface area contributed by atoms with Crippen molar-refractivity contribution in [2.75, 3.05) is 18.5 Å². The van der Waals surface area contributed by atoms with Gasteiger partial charge in [0.15, 0.2) is 17.5 Å². The number of hydrogen-bond acceptors (Lipinski definition) is 4. The zero-order valence-corrected chi connectivity index (χ0v) is 17.1. The third-order valence-corrected chi connectivity index (χ3v) is 5.36. The van der Waals surface area contributed by atoms with Crippen LogP contribution in [0.3, 0.4) is 0 Å². The number of benzene rings is 2. The molecule has 0 atom stereocenters. The molecule has 1 saturated carbocycles. The highest BCUT2D eigenvalue weighted by molar-refractivity contribution is 14.1. The van der Waals surface area contributed by atoms with Crippen LogP contribution >= 0.6 is 22.6 Å². The van der Waals surface area contributed by atoms with Crippen LogP contribution < -0.4 is 10.8 Å². The first-order valence-electron chi connectivity index (χ1n) is 8.50. The lowest BCUT2D eigenvalue weighted by Gasteiger charge is -2.17. The molecule has 150 valence electrons. The maximum atomic E-state index is 14.4. The summed E-state index contributed by atoms with van der Waals surface area (Å²) >= 11 is 2.11. The first kappa shape index (κ1) is 20.9. The minimum Gasteiger partial charge on any atom is -0.396 e. The largest absolute Gasteiger partial charge is 0.396 e. The smallest absolute Gasteiger partial charge is 0.277 e. The van der Waals surface area contributed by atoms with Crippen LogP contribution in [0.5, 0.6) is 0 Å². The molecule has 0 aromatic heterocycles. The second-order valence-electron chi connectivity index (χ2n) is 6.87. The minimum atomic E-state index is -1.68. The van der Waals surface area contributed by atoms with Gasteiger partial charge in [0, 0.05) is 14.7 Å². The number of nitrogens with one attached hydrogen (secondary N) is 2. The van der Waals surface area contributed by atoms with Crippen LogP contribution in [0.1, 0.15) is 28.8 Å². The number of rotatable bonds is 7. The molecule has 0 unspecified atom stereocenters. The Morgan fingerprint density at radius 2 is 1.96 bits per heavy atom. The maximum Gasteiger partial charge on any atom is 0.277 e. The van der Waals surface area contributed by atoms with Crippen molar-refractivity contribution in [3.63, 3.8) is 0 Å². The van der Waals surface area contributed by atoms with Gasteiger partial charge in [-0.15, -0.1) is 0 Å². The summed E-state index contributed by atoms with van der Waals surface area (Å²) in [5, 5.41) is 11.9. The van der Waals surface area contributed by atoms with Gasteiger partial charge >= 0.3 is 0 Å². The molecule has 0 heterocycles. The molecule has 0 radical (unpaired) electrons. The zero-order valence-electron chi connectivity index (χ0n) is 14.9. The summed E-state index contributed by atoms with van der Waals surface area (Å²) in [6, 6.07) is 5.82. The fourth-order valence-electron chi connectivity index (χ4n) is 2.63. The second-order valence-corrected chi connectivity index (χ2v) is 8.12. The standard InChI is InChI=1S/C19H18F3IN2O3/c1-10-6-11(23)2-3-14(10)24-17-12(7-13(20)15(21)16(17)22)18(27)25-28-9-19(8-26)4-5-19/h2-3,6-7,24,26H,4-5,8-9H2,1H3,(H,25,27). The van der Waals surface area contributed by atoms with Gasteiger partial charge in [-0.25, -0.2) is 18.7 Å². The monoisotopic (exact) mass is 506 g/mol. The van der Waals surface area contributed by atoms with Crippen molar-refractivity contribution in [2.24, 2.45) is 5.41 Å². The van der Waals surface area contributed by atoms with Crippen molar-refractivity contribution in [3.05, 3.63) is 56.4 Å². The Morgan fingerprint density at radius 3 is 2.57 bits per heavy atom. The van der Waals surface area contributed by atoms with Gasteiger partial charge in [0.1, 0.15) is 0 Å². The number of hydrogen-bond donors (Lipinski definition) is 3. The predicted octanol–water partition coefficient (Wildman–Crippen LogP) is 4.19. The van der Waals surface area contributed by atoms with Gasteiger partial charge in [0.2, 0.25) is 0 Å². The number of aryl methyl sites for hydroxylation is 1. The summed E-state index contributed by atoms with van der Waals surface area (Å²) in [5.41, 5.74) is 1.96. The zero-order chi connectivity index (χ0) is 20.5. The molecule has 1 amide bonds. The summed E-state index contributed by atoms with van der Waals surface area (Å²) in [4.78, 5) is 17.5. The van der Waals surface area contributed by atoms with Gasteiger partial charge in [0.05, 0.1) is 24.5 Å². The van der Waals surface area contributed by atoms with Gasteiger partial charge in [-0.3, -0.25) is 9.63 Å². The van der Waals surface area contributed by atoms with Crippen LogP contribution in [0.15, 0.2) is 24.3 Å². The van der Waals surface area contributed by atoms with Gasteiger partial charge < -0.3 is 10.4 Å². The van der Waals surface area contributed by atoms with E-state index in [0.717, 1.165) is 22.0 Å². The minimum absolute atomic E-state index is 0.0698. The second kappa shape index (κ2) is 8.26. The lowest BCUT2D eigenvalue weighted by molar-refractivity contribution is -0.0000634. The highest BCUT2D eigenvalue weighted by atomic mass is 127. The average molecular weight is 506 g/mol. The fourth-order valence-corrected chi connectivity index (χ4v) is 3.28. The van der Waals surface area contributed by atoms with Crippen LogP contribution in [-0.4, -0.2) is 24.2 Å². The van der Waals surface area contributed by atoms with E-state index < -0.39 is 34.6 Å². The van der Waals surface area contributed by atoms with Crippen LogP contribution in [-0.2, 0) is 4.84 Å². The first-order chi connectivity index (χ1) is 13.3. The highest BCUT2D eigenvalue weighted by Gasteiger charge is 2.42. The summed E-state index contributed by atoms with van der Waals surface area (Å²) in [6.07, 6.45) is 1.52. The third kappa shape index (κ3) is 4.41. The number of hydroxylamine groups is 1. The molecule has 0 saturated heterocycles. The SMILES string of the molecule is Cc1cc(I)ccc1Nc1c(C(=O)NOCC2(CO)CC2)cc(F)c(F)c1F. The molecule has 0 aliphatic heterocycles. The lowest BCUT2D eigenvalue weighted by Crippen LogP contribution is -2.29. The van der Waals surface area contributed by atoms with Crippen molar-refractivity contribution in [2.45, 2.75) is 19.8 Å². The molecule has 28 heavy (non-hydrogen) atoms. The number of aliphatic hydroxyl groups excluding tert-OH is 1. The highest BCUT2D eigenvalue weighted by Crippen LogP contribution is 2.44. The van der Waals surface area contributed by atoms with Crippen LogP contribution in [0.2, 0.25) is 0 Å². The van der Waals surface area contributed by atoms with Gasteiger partial charge in [-0.1, -0.05) is 0 Å². The molecule has 3 N–H and O–H groups in total. The Bertz CT molecular complexity index is 920. The third-order valence-electron chi connectivity index (χ3n) is 4.69. The number of carbonyl (C=O) groups is 1. The normalized spacial score (nSPS) is 14.6. The van der Waals surface area contributed by atoms with E-state index in [1.165, 1.54) is 0 Å². The molecule has 5 nitrogen and oxygen atoms in total. The van der Waals surface area contributed by atoms with E-state index in [1.54, 1.807) is 19.1 Å². The Labute approximate surface area is 173 Å². The molecule has 1 fully saturated rings. The summed E-state index contributed by atoms with van der Waals surface area (Å²) < 4.78 is 42.9. The molecule has 3 rings (SSSR count). The predicted molar refractivity (Wildman–Crippen MR) is 106 cm³/mol. The first-order valence-corrected chi connectivity index (χ1v) is 9.58. The summed E-state index contributed by atoms with van der Waals surface area (Å²) in [7, 11) is 0. The number of carbonyl (C=O) groups excluding carboxylic acids is 1. The Morgan fingerprint density at radius 1 is 1.25 bits per heavy atom. The molecule has 9 heteroatoms. The van der Waals surface area contributed by atoms with Gasteiger partial charge in [-0.2, -0.15) is 0 Å². The van der Waals surface area contributed by atoms with Gasteiger partial charge in [0.25, 0.3) is 5.91 Å². The van der Waals surface area contributed by atoms with Crippen LogP contribution in [0.25, 0.3) is 0 Å². The molecule has 0 bridgehead atoms. The van der Waals surface area contributed by atoms with Gasteiger partial charge in [-0.05, 0) is 72.2 Å². The van der Waals surface area contributed by atoms with Crippen molar-refractivity contribution < 1.29 is 27.9 Å². The summed E-state index contributed by atoms with van der Waals surface area (Å²) in [5.74, 6) is -5.60. The summed E-state index contributed by atoms with van der Waals surface area (Å²) in [6.45, 7) is 1.75. The van der Waals surface area contributed by atoms with Crippen molar-refractivity contribution >= 4 is 39.9 Å². The van der Waals surface area contributed by atoms with Crippen molar-refractivity contribution in [1.82, 2.24) is 5.48 Å². The fraction of sp³-hybridized carbons (Fsp3) is 0.316. The molecule has 1 aliphatic carbocycles. The van der Waals surface area contributed by atoms with Crippen LogP contribution in [0.4, 0.5) is 24.5 Å². The topological polar surface area (TPSA) is 70.6 Å². The molecule has 2 aromatic carbocycles. The van der Waals surface area contributed by atoms with E-state index >= 15 is 0 Å². The quantitative estimate of drug-likeness (QED) is 0.299. The Kier molecular flexibility index (Phi) is 6.15. The van der Waals surface area contributed by atoms with Crippen LogP contribution in [0, 0.1) is 33.4 Å². The number of amides is 1. The van der Waals surface area contributed by atoms with E-state index in [4.69, 9.17) is 4.84 Å². The lowest BCUT2D eigenvalue weighted by atomic mass is 10.1. The number of halogens is 4. The van der Waals surface area contributed by atoms with E-state index in [0.29, 0.717) is 11.8 Å². The van der Waals surface area contributed by atoms with E-state index in [9.17, 15) is 23.1 Å². The maximum absolute atomic E-state index is 14.4. The number of aliphatic hydroxyl groups is 1. The Hall–Kier alpha value is -1.85. The van der Waals surface area contributed by atoms with E-state index in [1.807, 2.05) is 6.07 Å². The van der Waals surface area contributed by atoms with Crippen molar-refractivity contribution in [3.8, 4) is 0 Å². The van der Waals surface area contributed by atoms with E-state index in [-0.39, 0.29) is 18.6 Å². The molecule has 2 aromatic rings. The Balaban J connectivity index is 1.86. The molecule has 0 spiro atoms. The average Bonchev–Trinajstić information content (AvgIpc) is 3.44. The van der Waals surface area contributed by atoms with Crippen molar-refractivity contribution in [1.29, 1.82) is 0 Å². The van der Waals surface area contributed by atoms with E-state index in [2.05, 4.69) is 33.4 Å². The molecule has 1 aliphatic rings. The molecular weight excluding hydrogens is 488 g/mol. The number of anilines is 2. The molecular formula is C19H18F3IN2O3.